The van der Waals surface area contributed by atoms with Gasteiger partial charge in [-0.2, -0.15) is 10.4 Å². The van der Waals surface area contributed by atoms with Crippen LogP contribution in [-0.4, -0.2) is 27.6 Å². The molecule has 134 valence electrons. The van der Waals surface area contributed by atoms with E-state index in [1.807, 2.05) is 24.3 Å². The van der Waals surface area contributed by atoms with Gasteiger partial charge in [-0.1, -0.05) is 6.07 Å². The maximum atomic E-state index is 13.5. The van der Waals surface area contributed by atoms with Gasteiger partial charge in [-0.3, -0.25) is 19.8 Å². The summed E-state index contributed by atoms with van der Waals surface area (Å²) in [5, 5.41) is 16.2. The minimum Gasteiger partial charge on any atom is -0.295 e. The number of nitrogens with zero attached hydrogens (tertiary/aromatic N) is 4. The van der Waals surface area contributed by atoms with E-state index in [0.29, 0.717) is 25.2 Å². The van der Waals surface area contributed by atoms with Gasteiger partial charge in [0, 0.05) is 36.5 Å². The van der Waals surface area contributed by atoms with E-state index in [9.17, 15) is 9.18 Å². The number of aromatic amines is 1. The van der Waals surface area contributed by atoms with E-state index in [1.54, 1.807) is 23.4 Å². The maximum Gasteiger partial charge on any atom is 0.231 e. The Balaban J connectivity index is 1.49. The third kappa shape index (κ3) is 3.29. The van der Waals surface area contributed by atoms with Crippen molar-refractivity contribution in [2.45, 2.75) is 12.8 Å². The first-order valence-electron chi connectivity index (χ1n) is 8.61. The van der Waals surface area contributed by atoms with Crippen molar-refractivity contribution in [3.8, 4) is 17.3 Å². The first-order valence-corrected chi connectivity index (χ1v) is 8.61. The Morgan fingerprint density at radius 1 is 1.26 bits per heavy atom. The minimum absolute atomic E-state index is 0.00379. The zero-order valence-electron chi connectivity index (χ0n) is 14.4. The van der Waals surface area contributed by atoms with Crippen LogP contribution in [0.3, 0.4) is 0 Å². The van der Waals surface area contributed by atoms with Crippen LogP contribution in [-0.2, 0) is 11.2 Å². The Labute approximate surface area is 155 Å². The summed E-state index contributed by atoms with van der Waals surface area (Å²) < 4.78 is 13.5. The van der Waals surface area contributed by atoms with Gasteiger partial charge in [-0.15, -0.1) is 0 Å². The lowest BCUT2D eigenvalue weighted by molar-refractivity contribution is -0.120. The van der Waals surface area contributed by atoms with Crippen molar-refractivity contribution in [2.75, 3.05) is 11.4 Å². The van der Waals surface area contributed by atoms with Crippen molar-refractivity contribution < 1.29 is 9.18 Å². The molecule has 6 nitrogen and oxygen atoms in total. The van der Waals surface area contributed by atoms with Gasteiger partial charge in [-0.25, -0.2) is 4.39 Å². The van der Waals surface area contributed by atoms with Gasteiger partial charge in [0.2, 0.25) is 5.91 Å². The number of nitriles is 1. The standard InChI is InChI=1S/C20H16FN5O/c21-17-2-1-13(10-16(17)12-22)9-15-5-8-26(20(15)27)19-11-18(24-25-19)14-3-6-23-7-4-14/h1-4,6-7,10-11,15H,5,8-9H2,(H,24,25)/t15-/m1/s1. The highest BCUT2D eigenvalue weighted by Gasteiger charge is 2.33. The predicted molar refractivity (Wildman–Crippen MR) is 97.1 cm³/mol. The van der Waals surface area contributed by atoms with Gasteiger partial charge < -0.3 is 0 Å². The molecule has 1 amide bonds. The number of rotatable bonds is 4. The van der Waals surface area contributed by atoms with Gasteiger partial charge in [0.15, 0.2) is 5.82 Å². The number of pyridine rings is 1. The molecule has 27 heavy (non-hydrogen) atoms. The highest BCUT2D eigenvalue weighted by Crippen LogP contribution is 2.29. The fourth-order valence-electron chi connectivity index (χ4n) is 3.35. The molecule has 1 aromatic carbocycles. The van der Waals surface area contributed by atoms with E-state index < -0.39 is 5.82 Å². The van der Waals surface area contributed by atoms with Gasteiger partial charge in [0.25, 0.3) is 0 Å². The molecule has 4 rings (SSSR count). The molecule has 7 heteroatoms. The number of amides is 1. The van der Waals surface area contributed by atoms with Gasteiger partial charge >= 0.3 is 0 Å². The largest absolute Gasteiger partial charge is 0.295 e. The number of carbonyl (C=O) groups is 1. The molecule has 1 fully saturated rings. The number of hydrogen-bond acceptors (Lipinski definition) is 4. The van der Waals surface area contributed by atoms with Crippen LogP contribution in [0.5, 0.6) is 0 Å². The summed E-state index contributed by atoms with van der Waals surface area (Å²) in [6.45, 7) is 0.580. The molecule has 0 unspecified atom stereocenters. The van der Waals surface area contributed by atoms with Crippen molar-refractivity contribution >= 4 is 11.7 Å². The van der Waals surface area contributed by atoms with Crippen molar-refractivity contribution in [2.24, 2.45) is 5.92 Å². The molecule has 2 aromatic heterocycles. The van der Waals surface area contributed by atoms with E-state index in [1.165, 1.54) is 12.1 Å². The quantitative estimate of drug-likeness (QED) is 0.774. The van der Waals surface area contributed by atoms with Crippen LogP contribution in [0.1, 0.15) is 17.5 Å². The molecule has 0 aliphatic carbocycles. The summed E-state index contributed by atoms with van der Waals surface area (Å²) in [6, 6.07) is 11.8. The third-order valence-electron chi connectivity index (χ3n) is 4.78. The molecule has 1 atom stereocenters. The number of halogens is 1. The Kier molecular flexibility index (Phi) is 4.38. The van der Waals surface area contributed by atoms with Crippen LogP contribution in [0.15, 0.2) is 48.8 Å². The Morgan fingerprint density at radius 3 is 2.85 bits per heavy atom. The Morgan fingerprint density at radius 2 is 2.07 bits per heavy atom. The van der Waals surface area contributed by atoms with Crippen LogP contribution >= 0.6 is 0 Å². The zero-order valence-corrected chi connectivity index (χ0v) is 14.4. The summed E-state index contributed by atoms with van der Waals surface area (Å²) >= 11 is 0. The second kappa shape index (κ2) is 7.00. The molecule has 1 aliphatic rings. The summed E-state index contributed by atoms with van der Waals surface area (Å²) in [5.74, 6) is -0.166. The number of benzene rings is 1. The molecular formula is C20H16FN5O. The normalized spacial score (nSPS) is 16.5. The number of H-pyrrole nitrogens is 1. The van der Waals surface area contributed by atoms with Crippen molar-refractivity contribution in [3.05, 3.63) is 65.7 Å². The second-order valence-corrected chi connectivity index (χ2v) is 6.48. The van der Waals surface area contributed by atoms with E-state index in [-0.39, 0.29) is 17.4 Å². The maximum absolute atomic E-state index is 13.5. The summed E-state index contributed by atoms with van der Waals surface area (Å²) in [6.07, 6.45) is 4.57. The van der Waals surface area contributed by atoms with Crippen molar-refractivity contribution in [1.29, 1.82) is 5.26 Å². The molecule has 0 spiro atoms. The lowest BCUT2D eigenvalue weighted by Crippen LogP contribution is -2.28. The van der Waals surface area contributed by atoms with Gasteiger partial charge in [-0.05, 0) is 42.7 Å². The van der Waals surface area contributed by atoms with Crippen LogP contribution in [0.4, 0.5) is 10.2 Å². The Hall–Kier alpha value is -3.53. The lowest BCUT2D eigenvalue weighted by Gasteiger charge is -2.13. The van der Waals surface area contributed by atoms with E-state index in [0.717, 1.165) is 16.8 Å². The topological polar surface area (TPSA) is 85.7 Å². The SMILES string of the molecule is N#Cc1cc(C[C@H]2CCN(c3cc(-c4ccncc4)[nH]n3)C2=O)ccc1F. The van der Waals surface area contributed by atoms with E-state index in [2.05, 4.69) is 15.2 Å². The molecule has 1 saturated heterocycles. The molecular weight excluding hydrogens is 345 g/mol. The number of aromatic nitrogens is 3. The predicted octanol–water partition coefficient (Wildman–Crippen LogP) is 3.08. The lowest BCUT2D eigenvalue weighted by atomic mass is 9.97. The highest BCUT2D eigenvalue weighted by atomic mass is 19.1. The fraction of sp³-hybridized carbons (Fsp3) is 0.200. The minimum atomic E-state index is -0.541. The summed E-state index contributed by atoms with van der Waals surface area (Å²) in [4.78, 5) is 18.5. The molecule has 1 aliphatic heterocycles. The zero-order chi connectivity index (χ0) is 18.8. The Bertz CT molecular complexity index is 1020. The van der Waals surface area contributed by atoms with Crippen molar-refractivity contribution in [1.82, 2.24) is 15.2 Å². The first kappa shape index (κ1) is 16.9. The summed E-state index contributed by atoms with van der Waals surface area (Å²) in [7, 11) is 0. The van der Waals surface area contributed by atoms with Crippen molar-refractivity contribution in [3.63, 3.8) is 0 Å². The third-order valence-corrected chi connectivity index (χ3v) is 4.78. The van der Waals surface area contributed by atoms with Crippen LogP contribution in [0.25, 0.3) is 11.3 Å². The van der Waals surface area contributed by atoms with Gasteiger partial charge in [0.1, 0.15) is 11.9 Å². The van der Waals surface area contributed by atoms with Crippen LogP contribution in [0, 0.1) is 23.1 Å². The molecule has 1 N–H and O–H groups in total. The number of nitrogens with one attached hydrogen (secondary N) is 1. The second-order valence-electron chi connectivity index (χ2n) is 6.48. The van der Waals surface area contributed by atoms with Gasteiger partial charge in [0.05, 0.1) is 11.3 Å². The molecule has 0 saturated carbocycles. The van der Waals surface area contributed by atoms with Crippen LogP contribution < -0.4 is 4.90 Å². The average molecular weight is 361 g/mol. The highest BCUT2D eigenvalue weighted by molar-refractivity contribution is 5.96. The smallest absolute Gasteiger partial charge is 0.231 e. The van der Waals surface area contributed by atoms with E-state index >= 15 is 0 Å². The average Bonchev–Trinajstić information content (AvgIpc) is 3.31. The molecule has 0 bridgehead atoms. The molecule has 3 heterocycles. The monoisotopic (exact) mass is 361 g/mol. The van der Waals surface area contributed by atoms with Crippen LogP contribution in [0.2, 0.25) is 0 Å². The molecule has 0 radical (unpaired) electrons. The molecule has 3 aromatic rings. The number of hydrogen-bond donors (Lipinski definition) is 1. The first-order chi connectivity index (χ1) is 13.2. The van der Waals surface area contributed by atoms with E-state index in [4.69, 9.17) is 5.26 Å². The fourth-order valence-corrected chi connectivity index (χ4v) is 3.35. The number of anilines is 1. The number of carbonyl (C=O) groups excluding carboxylic acids is 1. The summed E-state index contributed by atoms with van der Waals surface area (Å²) in [5.41, 5.74) is 2.56.